The number of hydrogen-bond donors (Lipinski definition) is 1. The highest BCUT2D eigenvalue weighted by molar-refractivity contribution is 5.89. The highest BCUT2D eigenvalue weighted by Crippen LogP contribution is 2.31. The van der Waals surface area contributed by atoms with Crippen LogP contribution in [0.1, 0.15) is 34.0 Å². The van der Waals surface area contributed by atoms with Crippen LogP contribution in [0.3, 0.4) is 0 Å². The first-order valence-corrected chi connectivity index (χ1v) is 7.02. The molecule has 1 unspecified atom stereocenters. The van der Waals surface area contributed by atoms with Crippen molar-refractivity contribution in [2.45, 2.75) is 19.3 Å². The van der Waals surface area contributed by atoms with Gasteiger partial charge in [0, 0.05) is 30.9 Å². The van der Waals surface area contributed by atoms with Gasteiger partial charge in [0.25, 0.3) is 0 Å². The summed E-state index contributed by atoms with van der Waals surface area (Å²) in [5, 5.41) is 9.31. The summed E-state index contributed by atoms with van der Waals surface area (Å²) in [7, 11) is 0. The summed E-state index contributed by atoms with van der Waals surface area (Å²) < 4.78 is 0. The Balaban J connectivity index is 1.83. The molecule has 0 radical (unpaired) electrons. The molecule has 1 atom stereocenters. The number of aromatic carboxylic acids is 1. The van der Waals surface area contributed by atoms with Gasteiger partial charge < -0.3 is 10.0 Å². The summed E-state index contributed by atoms with van der Waals surface area (Å²) in [4.78, 5) is 22.2. The van der Waals surface area contributed by atoms with E-state index in [1.807, 2.05) is 25.1 Å². The van der Waals surface area contributed by atoms with Crippen molar-refractivity contribution in [1.82, 2.24) is 9.97 Å². The Morgan fingerprint density at radius 2 is 2.14 bits per heavy atom. The van der Waals surface area contributed by atoms with Crippen LogP contribution in [0.4, 0.5) is 5.95 Å². The van der Waals surface area contributed by atoms with Gasteiger partial charge in [-0.15, -0.1) is 0 Å². The lowest BCUT2D eigenvalue weighted by Crippen LogP contribution is -2.22. The topological polar surface area (TPSA) is 66.3 Å². The zero-order valence-corrected chi connectivity index (χ0v) is 11.9. The number of hydrogen-bond acceptors (Lipinski definition) is 4. The molecule has 0 amide bonds. The molecule has 1 saturated heterocycles. The summed E-state index contributed by atoms with van der Waals surface area (Å²) in [5.74, 6) is 0.0718. The minimum atomic E-state index is -0.865. The zero-order chi connectivity index (χ0) is 14.8. The first-order chi connectivity index (χ1) is 10.1. The number of nitrogens with zero attached hydrogens (tertiary/aromatic N) is 3. The number of carboxylic acids is 1. The molecule has 0 aliphatic carbocycles. The maximum atomic E-state index is 11.3. The van der Waals surface area contributed by atoms with E-state index in [2.05, 4.69) is 14.9 Å². The Kier molecular flexibility index (Phi) is 3.56. The number of aryl methyl sites for hydroxylation is 1. The number of anilines is 1. The summed E-state index contributed by atoms with van der Waals surface area (Å²) in [6, 6.07) is 9.12. The van der Waals surface area contributed by atoms with Crippen LogP contribution in [0.5, 0.6) is 0 Å². The lowest BCUT2D eigenvalue weighted by atomic mass is 9.93. The quantitative estimate of drug-likeness (QED) is 0.937. The third-order valence-corrected chi connectivity index (χ3v) is 3.88. The molecule has 5 nitrogen and oxygen atoms in total. The molecule has 1 fully saturated rings. The molecule has 3 rings (SSSR count). The highest BCUT2D eigenvalue weighted by Gasteiger charge is 2.28. The molecule has 2 aromatic rings. The van der Waals surface area contributed by atoms with Crippen LogP contribution < -0.4 is 4.90 Å². The maximum Gasteiger partial charge on any atom is 0.335 e. The Hall–Kier alpha value is -2.43. The second-order valence-corrected chi connectivity index (χ2v) is 5.32. The van der Waals surface area contributed by atoms with Gasteiger partial charge in [-0.2, -0.15) is 0 Å². The van der Waals surface area contributed by atoms with E-state index < -0.39 is 5.97 Å². The Morgan fingerprint density at radius 3 is 2.90 bits per heavy atom. The largest absolute Gasteiger partial charge is 0.478 e. The van der Waals surface area contributed by atoms with E-state index in [0.29, 0.717) is 5.56 Å². The first kappa shape index (κ1) is 13.5. The summed E-state index contributed by atoms with van der Waals surface area (Å²) in [5.41, 5.74) is 2.24. The summed E-state index contributed by atoms with van der Waals surface area (Å²) >= 11 is 0. The zero-order valence-electron chi connectivity index (χ0n) is 11.9. The molecule has 2 heterocycles. The van der Waals surface area contributed by atoms with Crippen LogP contribution in [0, 0.1) is 6.92 Å². The van der Waals surface area contributed by atoms with Crippen LogP contribution in [0.15, 0.2) is 36.5 Å². The molecule has 1 N–H and O–H groups in total. The van der Waals surface area contributed by atoms with Crippen molar-refractivity contribution in [2.75, 3.05) is 18.0 Å². The van der Waals surface area contributed by atoms with Crippen molar-refractivity contribution in [1.29, 1.82) is 0 Å². The number of aromatic nitrogens is 2. The van der Waals surface area contributed by atoms with E-state index in [-0.39, 0.29) is 5.92 Å². The van der Waals surface area contributed by atoms with Crippen LogP contribution in [0.2, 0.25) is 0 Å². The van der Waals surface area contributed by atoms with Gasteiger partial charge in [-0.05, 0) is 31.0 Å². The molecule has 1 aromatic heterocycles. The fourth-order valence-electron chi connectivity index (χ4n) is 2.83. The van der Waals surface area contributed by atoms with E-state index in [1.54, 1.807) is 18.3 Å². The number of carboxylic acid groups (broad SMARTS) is 1. The average molecular weight is 283 g/mol. The second-order valence-electron chi connectivity index (χ2n) is 5.32. The fraction of sp³-hybridized carbons (Fsp3) is 0.312. The van der Waals surface area contributed by atoms with Crippen molar-refractivity contribution in [2.24, 2.45) is 0 Å². The molecule has 108 valence electrons. The standard InChI is InChI=1S/C16H17N3O2/c1-11-6-8-17-16(18-11)19-9-7-12(10-19)13-4-2-3-5-14(13)15(20)21/h2-6,8,12H,7,9-10H2,1H3,(H,20,21). The minimum absolute atomic E-state index is 0.210. The average Bonchev–Trinajstić information content (AvgIpc) is 2.97. The van der Waals surface area contributed by atoms with E-state index in [1.165, 1.54) is 0 Å². The third-order valence-electron chi connectivity index (χ3n) is 3.88. The molecule has 0 saturated carbocycles. The molecular formula is C16H17N3O2. The van der Waals surface area contributed by atoms with Crippen molar-refractivity contribution >= 4 is 11.9 Å². The number of benzene rings is 1. The van der Waals surface area contributed by atoms with Gasteiger partial charge in [0.15, 0.2) is 0 Å². The molecular weight excluding hydrogens is 266 g/mol. The maximum absolute atomic E-state index is 11.3. The fourth-order valence-corrected chi connectivity index (χ4v) is 2.83. The van der Waals surface area contributed by atoms with Crippen LogP contribution >= 0.6 is 0 Å². The van der Waals surface area contributed by atoms with E-state index in [9.17, 15) is 9.90 Å². The molecule has 1 aromatic carbocycles. The van der Waals surface area contributed by atoms with E-state index in [0.717, 1.165) is 36.7 Å². The van der Waals surface area contributed by atoms with Crippen molar-refractivity contribution in [3.63, 3.8) is 0 Å². The predicted molar refractivity (Wildman–Crippen MR) is 79.7 cm³/mol. The predicted octanol–water partition coefficient (Wildman–Crippen LogP) is 2.48. The highest BCUT2D eigenvalue weighted by atomic mass is 16.4. The van der Waals surface area contributed by atoms with Gasteiger partial charge in [0.2, 0.25) is 5.95 Å². The van der Waals surface area contributed by atoms with Crippen LogP contribution in [-0.2, 0) is 0 Å². The molecule has 0 spiro atoms. The van der Waals surface area contributed by atoms with Crippen molar-refractivity contribution in [3.05, 3.63) is 53.3 Å². The van der Waals surface area contributed by atoms with Gasteiger partial charge in [-0.1, -0.05) is 18.2 Å². The minimum Gasteiger partial charge on any atom is -0.478 e. The second kappa shape index (κ2) is 5.52. The molecule has 5 heteroatoms. The lowest BCUT2D eigenvalue weighted by Gasteiger charge is -2.17. The normalized spacial score (nSPS) is 18.0. The smallest absolute Gasteiger partial charge is 0.335 e. The van der Waals surface area contributed by atoms with Crippen molar-refractivity contribution < 1.29 is 9.90 Å². The van der Waals surface area contributed by atoms with Gasteiger partial charge >= 0.3 is 5.97 Å². The monoisotopic (exact) mass is 283 g/mol. The van der Waals surface area contributed by atoms with Crippen molar-refractivity contribution in [3.8, 4) is 0 Å². The van der Waals surface area contributed by atoms with Crippen LogP contribution in [0.25, 0.3) is 0 Å². The molecule has 21 heavy (non-hydrogen) atoms. The van der Waals surface area contributed by atoms with E-state index in [4.69, 9.17) is 0 Å². The van der Waals surface area contributed by atoms with Gasteiger partial charge in [0.05, 0.1) is 5.56 Å². The van der Waals surface area contributed by atoms with Gasteiger partial charge in [-0.25, -0.2) is 14.8 Å². The summed E-state index contributed by atoms with van der Waals surface area (Å²) in [6.45, 7) is 3.55. The van der Waals surface area contributed by atoms with Gasteiger partial charge in [-0.3, -0.25) is 0 Å². The van der Waals surface area contributed by atoms with Gasteiger partial charge in [0.1, 0.15) is 0 Å². The summed E-state index contributed by atoms with van der Waals surface area (Å²) in [6.07, 6.45) is 2.68. The first-order valence-electron chi connectivity index (χ1n) is 7.02. The number of carbonyl (C=O) groups is 1. The SMILES string of the molecule is Cc1ccnc(N2CCC(c3ccccc3C(=O)O)C2)n1. The lowest BCUT2D eigenvalue weighted by molar-refractivity contribution is 0.0695. The molecule has 1 aliphatic heterocycles. The third kappa shape index (κ3) is 2.72. The Labute approximate surface area is 123 Å². The number of rotatable bonds is 3. The van der Waals surface area contributed by atoms with Crippen LogP contribution in [-0.4, -0.2) is 34.1 Å². The Bertz CT molecular complexity index is 672. The van der Waals surface area contributed by atoms with E-state index >= 15 is 0 Å². The molecule has 0 bridgehead atoms. The molecule has 1 aliphatic rings. The Morgan fingerprint density at radius 1 is 1.33 bits per heavy atom.